The minimum Gasteiger partial charge on any atom is -0.507 e. The first-order chi connectivity index (χ1) is 8.66. The Balaban J connectivity index is 2.41. The van der Waals surface area contributed by atoms with Crippen molar-refractivity contribution < 1.29 is 15.0 Å². The average Bonchev–Trinajstić information content (AvgIpc) is 2.38. The van der Waals surface area contributed by atoms with Crippen molar-refractivity contribution in [1.29, 1.82) is 0 Å². The summed E-state index contributed by atoms with van der Waals surface area (Å²) in [6, 6.07) is 14.8. The third-order valence-corrected chi connectivity index (χ3v) is 2.54. The molecule has 18 heavy (non-hydrogen) atoms. The number of phenolic OH excluding ortho intramolecular Hbond substituents is 1. The van der Waals surface area contributed by atoms with E-state index in [4.69, 9.17) is 5.11 Å². The van der Waals surface area contributed by atoms with Crippen LogP contribution in [0.25, 0.3) is 17.2 Å². The van der Waals surface area contributed by atoms with Gasteiger partial charge in [-0.05, 0) is 29.3 Å². The van der Waals surface area contributed by atoms with Gasteiger partial charge in [0.1, 0.15) is 5.75 Å². The van der Waals surface area contributed by atoms with E-state index in [1.165, 1.54) is 6.08 Å². The van der Waals surface area contributed by atoms with E-state index in [0.29, 0.717) is 5.56 Å². The van der Waals surface area contributed by atoms with Crippen molar-refractivity contribution in [1.82, 2.24) is 0 Å². The molecule has 0 saturated carbocycles. The molecule has 0 spiro atoms. The van der Waals surface area contributed by atoms with Gasteiger partial charge in [0.15, 0.2) is 0 Å². The second-order valence-electron chi connectivity index (χ2n) is 3.81. The molecular weight excluding hydrogens is 228 g/mol. The summed E-state index contributed by atoms with van der Waals surface area (Å²) in [4.78, 5) is 10.5. The number of hydrogen-bond acceptors (Lipinski definition) is 2. The molecule has 0 radical (unpaired) electrons. The quantitative estimate of drug-likeness (QED) is 0.810. The minimum atomic E-state index is -1.04. The molecule has 2 aromatic rings. The molecule has 0 heterocycles. The van der Waals surface area contributed by atoms with Crippen LogP contribution in [0.1, 0.15) is 5.56 Å². The summed E-state index contributed by atoms with van der Waals surface area (Å²) in [5, 5.41) is 18.2. The molecule has 3 nitrogen and oxygen atoms in total. The Morgan fingerprint density at radius 2 is 1.72 bits per heavy atom. The minimum absolute atomic E-state index is 0.0622. The van der Waals surface area contributed by atoms with Crippen LogP contribution < -0.4 is 0 Å². The lowest BCUT2D eigenvalue weighted by molar-refractivity contribution is -0.131. The van der Waals surface area contributed by atoms with Crippen molar-refractivity contribution in [3.63, 3.8) is 0 Å². The first kappa shape index (κ1) is 11.9. The molecule has 0 atom stereocenters. The topological polar surface area (TPSA) is 57.5 Å². The van der Waals surface area contributed by atoms with Gasteiger partial charge in [0.25, 0.3) is 0 Å². The number of rotatable bonds is 3. The van der Waals surface area contributed by atoms with Crippen LogP contribution in [0.4, 0.5) is 0 Å². The lowest BCUT2D eigenvalue weighted by Gasteiger charge is -2.04. The largest absolute Gasteiger partial charge is 0.507 e. The van der Waals surface area contributed by atoms with E-state index in [1.54, 1.807) is 18.2 Å². The van der Waals surface area contributed by atoms with Gasteiger partial charge in [-0.3, -0.25) is 0 Å². The lowest BCUT2D eigenvalue weighted by atomic mass is 10.0. The monoisotopic (exact) mass is 240 g/mol. The summed E-state index contributed by atoms with van der Waals surface area (Å²) in [6.45, 7) is 0. The Bertz CT molecular complexity index is 586. The summed E-state index contributed by atoms with van der Waals surface area (Å²) in [5.74, 6) is -0.980. The highest BCUT2D eigenvalue weighted by molar-refractivity contribution is 5.86. The van der Waals surface area contributed by atoms with E-state index in [0.717, 1.165) is 17.2 Å². The molecule has 2 aromatic carbocycles. The molecule has 0 fully saturated rings. The first-order valence-corrected chi connectivity index (χ1v) is 5.46. The van der Waals surface area contributed by atoms with Crippen molar-refractivity contribution in [3.05, 3.63) is 60.2 Å². The highest BCUT2D eigenvalue weighted by atomic mass is 16.4. The number of aliphatic carboxylic acids is 1. The van der Waals surface area contributed by atoms with Crippen molar-refractivity contribution in [3.8, 4) is 16.9 Å². The number of hydrogen-bond donors (Lipinski definition) is 2. The van der Waals surface area contributed by atoms with Crippen LogP contribution in [-0.4, -0.2) is 16.2 Å². The second kappa shape index (κ2) is 5.19. The summed E-state index contributed by atoms with van der Waals surface area (Å²) in [5.41, 5.74) is 2.43. The van der Waals surface area contributed by atoms with Gasteiger partial charge in [-0.1, -0.05) is 36.4 Å². The van der Waals surface area contributed by atoms with Gasteiger partial charge in [-0.25, -0.2) is 4.79 Å². The van der Waals surface area contributed by atoms with Crippen LogP contribution >= 0.6 is 0 Å². The highest BCUT2D eigenvalue weighted by Crippen LogP contribution is 2.26. The smallest absolute Gasteiger partial charge is 0.328 e. The fraction of sp³-hybridized carbons (Fsp3) is 0. The summed E-state index contributed by atoms with van der Waals surface area (Å²) in [6.07, 6.45) is 2.38. The standard InChI is InChI=1S/C15H12O3/c16-14-8-6-12(11-4-2-1-3-5-11)10-13(14)7-9-15(17)18/h1-10,16H,(H,17,18). The van der Waals surface area contributed by atoms with Crippen LogP contribution in [0.5, 0.6) is 5.75 Å². The van der Waals surface area contributed by atoms with E-state index >= 15 is 0 Å². The Morgan fingerprint density at radius 1 is 1.00 bits per heavy atom. The Morgan fingerprint density at radius 3 is 2.39 bits per heavy atom. The van der Waals surface area contributed by atoms with Crippen molar-refractivity contribution in [2.75, 3.05) is 0 Å². The van der Waals surface area contributed by atoms with E-state index in [9.17, 15) is 9.90 Å². The van der Waals surface area contributed by atoms with E-state index in [2.05, 4.69) is 0 Å². The molecule has 0 aromatic heterocycles. The Hall–Kier alpha value is -2.55. The van der Waals surface area contributed by atoms with Crippen molar-refractivity contribution in [2.45, 2.75) is 0 Å². The van der Waals surface area contributed by atoms with E-state index in [-0.39, 0.29) is 5.75 Å². The molecule has 90 valence electrons. The SMILES string of the molecule is O=C(O)C=Cc1cc(-c2ccccc2)ccc1O. The third kappa shape index (κ3) is 2.77. The number of phenols is 1. The lowest BCUT2D eigenvalue weighted by Crippen LogP contribution is -1.86. The van der Waals surface area contributed by atoms with Gasteiger partial charge in [0, 0.05) is 11.6 Å². The second-order valence-corrected chi connectivity index (χ2v) is 3.81. The number of aromatic hydroxyl groups is 1. The third-order valence-electron chi connectivity index (χ3n) is 2.54. The highest BCUT2D eigenvalue weighted by Gasteiger charge is 2.02. The molecule has 2 rings (SSSR count). The van der Waals surface area contributed by atoms with E-state index < -0.39 is 5.97 Å². The van der Waals surface area contributed by atoms with Gasteiger partial charge in [-0.2, -0.15) is 0 Å². The molecule has 3 heteroatoms. The van der Waals surface area contributed by atoms with Crippen LogP contribution in [0.3, 0.4) is 0 Å². The van der Waals surface area contributed by atoms with Crippen LogP contribution in [-0.2, 0) is 4.79 Å². The van der Waals surface area contributed by atoms with Crippen LogP contribution in [0, 0.1) is 0 Å². The zero-order chi connectivity index (χ0) is 13.0. The summed E-state index contributed by atoms with van der Waals surface area (Å²) >= 11 is 0. The fourth-order valence-electron chi connectivity index (χ4n) is 1.66. The molecule has 0 saturated heterocycles. The maximum atomic E-state index is 10.5. The van der Waals surface area contributed by atoms with Gasteiger partial charge in [-0.15, -0.1) is 0 Å². The predicted molar refractivity (Wildman–Crippen MR) is 70.2 cm³/mol. The number of carboxylic acid groups (broad SMARTS) is 1. The fourth-order valence-corrected chi connectivity index (χ4v) is 1.66. The van der Waals surface area contributed by atoms with Gasteiger partial charge >= 0.3 is 5.97 Å². The average molecular weight is 240 g/mol. The van der Waals surface area contributed by atoms with Gasteiger partial charge < -0.3 is 10.2 Å². The van der Waals surface area contributed by atoms with E-state index in [1.807, 2.05) is 30.3 Å². The molecule has 0 aliphatic carbocycles. The van der Waals surface area contributed by atoms with Crippen molar-refractivity contribution >= 4 is 12.0 Å². The maximum Gasteiger partial charge on any atom is 0.328 e. The zero-order valence-electron chi connectivity index (χ0n) is 9.58. The molecule has 0 aliphatic rings. The Labute approximate surface area is 105 Å². The molecule has 2 N–H and O–H groups in total. The molecule has 0 unspecified atom stereocenters. The molecular formula is C15H12O3. The molecule has 0 amide bonds. The maximum absolute atomic E-state index is 10.5. The predicted octanol–water partition coefficient (Wildman–Crippen LogP) is 3.16. The number of carbonyl (C=O) groups is 1. The summed E-state index contributed by atoms with van der Waals surface area (Å²) in [7, 11) is 0. The van der Waals surface area contributed by atoms with Crippen LogP contribution in [0.2, 0.25) is 0 Å². The Kier molecular flexibility index (Phi) is 3.44. The first-order valence-electron chi connectivity index (χ1n) is 5.46. The summed E-state index contributed by atoms with van der Waals surface area (Å²) < 4.78 is 0. The van der Waals surface area contributed by atoms with Gasteiger partial charge in [0.05, 0.1) is 0 Å². The molecule has 0 bridgehead atoms. The number of carboxylic acids is 1. The van der Waals surface area contributed by atoms with Crippen molar-refractivity contribution in [2.24, 2.45) is 0 Å². The number of benzene rings is 2. The van der Waals surface area contributed by atoms with Crippen LogP contribution in [0.15, 0.2) is 54.6 Å². The molecule has 0 aliphatic heterocycles. The van der Waals surface area contributed by atoms with Gasteiger partial charge in [0.2, 0.25) is 0 Å². The normalized spacial score (nSPS) is 10.7. The zero-order valence-corrected chi connectivity index (χ0v) is 9.58.